The second-order valence-electron chi connectivity index (χ2n) is 5.44. The Morgan fingerprint density at radius 3 is 2.85 bits per heavy atom. The number of anilines is 1. The molecule has 1 aromatic rings. The Balaban J connectivity index is 1.91. The third-order valence-electron chi connectivity index (χ3n) is 3.48. The van der Waals surface area contributed by atoms with Crippen molar-refractivity contribution in [1.29, 1.82) is 0 Å². The number of hydrogen-bond acceptors (Lipinski definition) is 3. The lowest BCUT2D eigenvalue weighted by atomic mass is 10.1. The van der Waals surface area contributed by atoms with E-state index in [4.69, 9.17) is 10.5 Å². The molecule has 1 amide bonds. The summed E-state index contributed by atoms with van der Waals surface area (Å²) in [7, 11) is 1.64. The van der Waals surface area contributed by atoms with Crippen LogP contribution in [-0.4, -0.2) is 37.6 Å². The number of carbonyl (C=O) groups excluding carboxylic acids is 1. The summed E-state index contributed by atoms with van der Waals surface area (Å²) in [4.78, 5) is 13.6. The van der Waals surface area contributed by atoms with E-state index in [1.54, 1.807) is 14.0 Å². The maximum absolute atomic E-state index is 14.0. The molecule has 0 heterocycles. The van der Waals surface area contributed by atoms with Crippen LogP contribution in [0, 0.1) is 18.7 Å². The van der Waals surface area contributed by atoms with Gasteiger partial charge in [-0.3, -0.25) is 4.79 Å². The lowest BCUT2D eigenvalue weighted by Crippen LogP contribution is -2.31. The third-order valence-corrected chi connectivity index (χ3v) is 3.48. The molecule has 2 rings (SSSR count). The quantitative estimate of drug-likeness (QED) is 0.642. The molecule has 0 radical (unpaired) electrons. The molecule has 110 valence electrons. The van der Waals surface area contributed by atoms with E-state index in [1.807, 2.05) is 0 Å². The summed E-state index contributed by atoms with van der Waals surface area (Å²) in [6.45, 7) is 3.27. The predicted molar refractivity (Wildman–Crippen MR) is 76.1 cm³/mol. The summed E-state index contributed by atoms with van der Waals surface area (Å²) >= 11 is 0. The SMILES string of the molecule is Cc1cc(N)cc(C(=O)N(C)CCOCC2CC2)c1F. The number of nitrogen functional groups attached to an aromatic ring is 1. The van der Waals surface area contributed by atoms with Crippen LogP contribution in [0.25, 0.3) is 0 Å². The lowest BCUT2D eigenvalue weighted by Gasteiger charge is -2.18. The van der Waals surface area contributed by atoms with Gasteiger partial charge in [0.2, 0.25) is 0 Å². The van der Waals surface area contributed by atoms with E-state index in [2.05, 4.69) is 0 Å². The first-order chi connectivity index (χ1) is 9.49. The average molecular weight is 280 g/mol. The van der Waals surface area contributed by atoms with Gasteiger partial charge in [0.05, 0.1) is 12.2 Å². The predicted octanol–water partition coefficient (Wildman–Crippen LogP) is 2.21. The molecule has 1 aromatic carbocycles. The number of carbonyl (C=O) groups is 1. The van der Waals surface area contributed by atoms with E-state index < -0.39 is 5.82 Å². The zero-order valence-corrected chi connectivity index (χ0v) is 12.0. The summed E-state index contributed by atoms with van der Waals surface area (Å²) < 4.78 is 19.4. The summed E-state index contributed by atoms with van der Waals surface area (Å²) in [6, 6.07) is 2.90. The zero-order valence-electron chi connectivity index (χ0n) is 12.0. The van der Waals surface area contributed by atoms with Gasteiger partial charge in [0.25, 0.3) is 5.91 Å². The molecule has 0 unspecified atom stereocenters. The van der Waals surface area contributed by atoms with Crippen LogP contribution in [0.4, 0.5) is 10.1 Å². The largest absolute Gasteiger partial charge is 0.399 e. The second-order valence-corrected chi connectivity index (χ2v) is 5.44. The molecule has 0 atom stereocenters. The fraction of sp³-hybridized carbons (Fsp3) is 0.533. The van der Waals surface area contributed by atoms with E-state index in [0.29, 0.717) is 30.3 Å². The van der Waals surface area contributed by atoms with Gasteiger partial charge in [-0.25, -0.2) is 4.39 Å². The first kappa shape index (κ1) is 14.8. The lowest BCUT2D eigenvalue weighted by molar-refractivity contribution is 0.0677. The van der Waals surface area contributed by atoms with E-state index in [0.717, 1.165) is 6.61 Å². The van der Waals surface area contributed by atoms with Crippen LogP contribution in [0.2, 0.25) is 0 Å². The van der Waals surface area contributed by atoms with Crippen LogP contribution >= 0.6 is 0 Å². The molecule has 1 aliphatic carbocycles. The Kier molecular flexibility index (Phi) is 4.60. The summed E-state index contributed by atoms with van der Waals surface area (Å²) in [5.74, 6) is -0.173. The molecular weight excluding hydrogens is 259 g/mol. The standard InChI is InChI=1S/C15H21FN2O2/c1-10-7-12(17)8-13(14(10)16)15(19)18(2)5-6-20-9-11-3-4-11/h7-8,11H,3-6,9,17H2,1-2H3. The topological polar surface area (TPSA) is 55.6 Å². The minimum atomic E-state index is -0.505. The highest BCUT2D eigenvalue weighted by Gasteiger charge is 2.22. The highest BCUT2D eigenvalue weighted by atomic mass is 19.1. The van der Waals surface area contributed by atoms with Crippen LogP contribution < -0.4 is 5.73 Å². The molecule has 0 saturated heterocycles. The van der Waals surface area contributed by atoms with Crippen molar-refractivity contribution < 1.29 is 13.9 Å². The normalized spacial score (nSPS) is 14.3. The second kappa shape index (κ2) is 6.22. The van der Waals surface area contributed by atoms with Gasteiger partial charge in [-0.05, 0) is 43.4 Å². The number of aryl methyl sites for hydroxylation is 1. The fourth-order valence-electron chi connectivity index (χ4n) is 2.00. The Morgan fingerprint density at radius 2 is 2.20 bits per heavy atom. The highest BCUT2D eigenvalue weighted by molar-refractivity contribution is 5.95. The maximum Gasteiger partial charge on any atom is 0.256 e. The molecule has 1 aliphatic rings. The molecule has 5 heteroatoms. The number of benzene rings is 1. The van der Waals surface area contributed by atoms with E-state index in [9.17, 15) is 9.18 Å². The number of halogens is 1. The number of amides is 1. The fourth-order valence-corrected chi connectivity index (χ4v) is 2.00. The van der Waals surface area contributed by atoms with Crippen molar-refractivity contribution in [2.75, 3.05) is 32.5 Å². The number of nitrogens with two attached hydrogens (primary N) is 1. The molecule has 1 fully saturated rings. The number of ether oxygens (including phenoxy) is 1. The first-order valence-electron chi connectivity index (χ1n) is 6.88. The van der Waals surface area contributed by atoms with Crippen LogP contribution in [0.15, 0.2) is 12.1 Å². The molecule has 2 N–H and O–H groups in total. The number of hydrogen-bond donors (Lipinski definition) is 1. The molecule has 1 saturated carbocycles. The average Bonchev–Trinajstić information content (AvgIpc) is 3.22. The minimum Gasteiger partial charge on any atom is -0.399 e. The van der Waals surface area contributed by atoms with Gasteiger partial charge in [0.15, 0.2) is 0 Å². The molecule has 0 aromatic heterocycles. The smallest absolute Gasteiger partial charge is 0.256 e. The van der Waals surface area contributed by atoms with Crippen LogP contribution in [0.3, 0.4) is 0 Å². The van der Waals surface area contributed by atoms with Gasteiger partial charge >= 0.3 is 0 Å². The Morgan fingerprint density at radius 1 is 1.50 bits per heavy atom. The van der Waals surface area contributed by atoms with Crippen molar-refractivity contribution >= 4 is 11.6 Å². The van der Waals surface area contributed by atoms with E-state index in [1.165, 1.54) is 29.9 Å². The number of nitrogens with zero attached hydrogens (tertiary/aromatic N) is 1. The Labute approximate surface area is 118 Å². The molecule has 20 heavy (non-hydrogen) atoms. The van der Waals surface area contributed by atoms with Crippen molar-refractivity contribution in [2.45, 2.75) is 19.8 Å². The van der Waals surface area contributed by atoms with Crippen molar-refractivity contribution in [1.82, 2.24) is 4.90 Å². The first-order valence-corrected chi connectivity index (χ1v) is 6.88. The minimum absolute atomic E-state index is 0.0205. The molecular formula is C15H21FN2O2. The third kappa shape index (κ3) is 3.70. The maximum atomic E-state index is 14.0. The van der Waals surface area contributed by atoms with Gasteiger partial charge in [-0.2, -0.15) is 0 Å². The van der Waals surface area contributed by atoms with Gasteiger partial charge in [0.1, 0.15) is 5.82 Å². The van der Waals surface area contributed by atoms with Crippen LogP contribution in [0.1, 0.15) is 28.8 Å². The van der Waals surface area contributed by atoms with Crippen molar-refractivity contribution in [3.63, 3.8) is 0 Å². The summed E-state index contributed by atoms with van der Waals surface area (Å²) in [6.07, 6.45) is 2.48. The number of rotatable bonds is 6. The van der Waals surface area contributed by atoms with Gasteiger partial charge in [-0.1, -0.05) is 0 Å². The van der Waals surface area contributed by atoms with E-state index in [-0.39, 0.29) is 11.5 Å². The molecule has 4 nitrogen and oxygen atoms in total. The zero-order chi connectivity index (χ0) is 14.7. The van der Waals surface area contributed by atoms with Gasteiger partial charge < -0.3 is 15.4 Å². The van der Waals surface area contributed by atoms with Gasteiger partial charge in [0, 0.05) is 25.9 Å². The molecule has 0 aliphatic heterocycles. The van der Waals surface area contributed by atoms with Crippen LogP contribution in [-0.2, 0) is 4.74 Å². The summed E-state index contributed by atoms with van der Waals surface area (Å²) in [5.41, 5.74) is 6.46. The highest BCUT2D eigenvalue weighted by Crippen LogP contribution is 2.28. The molecule has 0 spiro atoms. The molecule has 0 bridgehead atoms. The number of likely N-dealkylation sites (N-methyl/N-ethyl adjacent to an activating group) is 1. The summed E-state index contributed by atoms with van der Waals surface area (Å²) in [5, 5.41) is 0. The van der Waals surface area contributed by atoms with Crippen molar-refractivity contribution in [3.05, 3.63) is 29.1 Å². The van der Waals surface area contributed by atoms with Crippen molar-refractivity contribution in [2.24, 2.45) is 5.92 Å². The Hall–Kier alpha value is -1.62. The van der Waals surface area contributed by atoms with Crippen molar-refractivity contribution in [3.8, 4) is 0 Å². The van der Waals surface area contributed by atoms with Crippen LogP contribution in [0.5, 0.6) is 0 Å². The monoisotopic (exact) mass is 280 g/mol. The van der Waals surface area contributed by atoms with Gasteiger partial charge in [-0.15, -0.1) is 0 Å². The van der Waals surface area contributed by atoms with E-state index >= 15 is 0 Å². The Bertz CT molecular complexity index is 501.